The lowest BCUT2D eigenvalue weighted by Crippen LogP contribution is -2.16. The number of rotatable bonds is 5. The minimum Gasteiger partial charge on any atom is -0.495 e. The van der Waals surface area contributed by atoms with Gasteiger partial charge in [-0.05, 0) is 32.0 Å². The van der Waals surface area contributed by atoms with Gasteiger partial charge in [0.25, 0.3) is 0 Å². The smallest absolute Gasteiger partial charge is 0.335 e. The molecule has 0 atom stereocenters. The molecule has 1 aromatic heterocycles. The van der Waals surface area contributed by atoms with Gasteiger partial charge in [0.2, 0.25) is 5.91 Å². The van der Waals surface area contributed by atoms with Crippen molar-refractivity contribution in [1.82, 2.24) is 5.16 Å². The van der Waals surface area contributed by atoms with Crippen molar-refractivity contribution >= 4 is 17.6 Å². The number of nitrogens with zero attached hydrogens (tertiary/aromatic N) is 1. The minimum absolute atomic E-state index is 0.0839. The molecule has 0 aliphatic carbocycles. The van der Waals surface area contributed by atoms with Crippen molar-refractivity contribution in [3.8, 4) is 5.75 Å². The standard InChI is InChI=1S/C15H16N2O5/c1-8-11(9(2)22-17-8)7-14(18)16-12-5-4-10(15(19)20)6-13(12)21-3/h4-6H,7H2,1-3H3,(H,16,18)(H,19,20). The largest absolute Gasteiger partial charge is 0.495 e. The van der Waals surface area contributed by atoms with Crippen molar-refractivity contribution in [2.45, 2.75) is 20.3 Å². The monoisotopic (exact) mass is 304 g/mol. The van der Waals surface area contributed by atoms with E-state index in [2.05, 4.69) is 10.5 Å². The Morgan fingerprint density at radius 2 is 2.09 bits per heavy atom. The number of aromatic carboxylic acids is 1. The number of anilines is 1. The predicted molar refractivity (Wildman–Crippen MR) is 78.3 cm³/mol. The average Bonchev–Trinajstić information content (AvgIpc) is 2.79. The molecule has 116 valence electrons. The van der Waals surface area contributed by atoms with Crippen LogP contribution in [0.3, 0.4) is 0 Å². The summed E-state index contributed by atoms with van der Waals surface area (Å²) in [7, 11) is 1.41. The quantitative estimate of drug-likeness (QED) is 0.878. The summed E-state index contributed by atoms with van der Waals surface area (Å²) >= 11 is 0. The van der Waals surface area contributed by atoms with E-state index in [0.717, 1.165) is 5.56 Å². The van der Waals surface area contributed by atoms with Crippen molar-refractivity contribution in [1.29, 1.82) is 0 Å². The number of aryl methyl sites for hydroxylation is 2. The SMILES string of the molecule is COc1cc(C(=O)O)ccc1NC(=O)Cc1c(C)noc1C. The van der Waals surface area contributed by atoms with Gasteiger partial charge in [0.05, 0.1) is 30.5 Å². The second kappa shape index (κ2) is 6.30. The number of carboxylic acid groups (broad SMARTS) is 1. The second-order valence-corrected chi connectivity index (χ2v) is 4.75. The van der Waals surface area contributed by atoms with Crippen LogP contribution in [0.25, 0.3) is 0 Å². The number of hydrogen-bond acceptors (Lipinski definition) is 5. The molecule has 0 unspecified atom stereocenters. The van der Waals surface area contributed by atoms with Gasteiger partial charge >= 0.3 is 5.97 Å². The number of carboxylic acids is 1. The molecule has 2 rings (SSSR count). The first-order valence-electron chi connectivity index (χ1n) is 6.55. The Balaban J connectivity index is 2.16. The van der Waals surface area contributed by atoms with Crippen LogP contribution in [0, 0.1) is 13.8 Å². The second-order valence-electron chi connectivity index (χ2n) is 4.75. The van der Waals surface area contributed by atoms with E-state index in [0.29, 0.717) is 17.1 Å². The van der Waals surface area contributed by atoms with E-state index < -0.39 is 5.97 Å². The number of methoxy groups -OCH3 is 1. The molecule has 1 aromatic carbocycles. The van der Waals surface area contributed by atoms with Crippen LogP contribution in [0.5, 0.6) is 5.75 Å². The van der Waals surface area contributed by atoms with Crippen molar-refractivity contribution < 1.29 is 24.0 Å². The van der Waals surface area contributed by atoms with Crippen molar-refractivity contribution in [2.24, 2.45) is 0 Å². The Kier molecular flexibility index (Phi) is 4.45. The topological polar surface area (TPSA) is 102 Å². The fraction of sp³-hybridized carbons (Fsp3) is 0.267. The highest BCUT2D eigenvalue weighted by Crippen LogP contribution is 2.26. The first-order chi connectivity index (χ1) is 10.4. The summed E-state index contributed by atoms with van der Waals surface area (Å²) in [4.78, 5) is 23.0. The summed E-state index contributed by atoms with van der Waals surface area (Å²) in [6.45, 7) is 3.51. The molecule has 0 bridgehead atoms. The van der Waals surface area contributed by atoms with E-state index in [1.54, 1.807) is 13.8 Å². The highest BCUT2D eigenvalue weighted by molar-refractivity contribution is 5.95. The Labute approximate surface area is 126 Å². The van der Waals surface area contributed by atoms with Gasteiger partial charge < -0.3 is 19.7 Å². The lowest BCUT2D eigenvalue weighted by molar-refractivity contribution is -0.115. The zero-order chi connectivity index (χ0) is 16.3. The van der Waals surface area contributed by atoms with Gasteiger partial charge in [-0.25, -0.2) is 4.79 Å². The van der Waals surface area contributed by atoms with Gasteiger partial charge in [-0.3, -0.25) is 4.79 Å². The van der Waals surface area contributed by atoms with Crippen LogP contribution >= 0.6 is 0 Å². The summed E-state index contributed by atoms with van der Waals surface area (Å²) in [5.41, 5.74) is 1.89. The van der Waals surface area contributed by atoms with Crippen LogP contribution in [-0.4, -0.2) is 29.2 Å². The number of amides is 1. The molecule has 22 heavy (non-hydrogen) atoms. The first-order valence-corrected chi connectivity index (χ1v) is 6.55. The zero-order valence-corrected chi connectivity index (χ0v) is 12.5. The van der Waals surface area contributed by atoms with Crippen molar-refractivity contribution in [3.63, 3.8) is 0 Å². The maximum Gasteiger partial charge on any atom is 0.335 e. The number of benzene rings is 1. The molecule has 7 heteroatoms. The summed E-state index contributed by atoms with van der Waals surface area (Å²) < 4.78 is 10.1. The van der Waals surface area contributed by atoms with Crippen LogP contribution in [0.1, 0.15) is 27.4 Å². The minimum atomic E-state index is -1.06. The summed E-state index contributed by atoms with van der Waals surface area (Å²) in [6.07, 6.45) is 0.116. The Hall–Kier alpha value is -2.83. The lowest BCUT2D eigenvalue weighted by Gasteiger charge is -2.11. The van der Waals surface area contributed by atoms with E-state index in [9.17, 15) is 9.59 Å². The number of aromatic nitrogens is 1. The van der Waals surface area contributed by atoms with Gasteiger partial charge in [0, 0.05) is 5.56 Å². The summed E-state index contributed by atoms with van der Waals surface area (Å²) in [5, 5.41) is 15.4. The number of carbonyl (C=O) groups excluding carboxylic acids is 1. The van der Waals surface area contributed by atoms with Crippen LogP contribution < -0.4 is 10.1 Å². The summed E-state index contributed by atoms with van der Waals surface area (Å²) in [5.74, 6) is -0.449. The first kappa shape index (κ1) is 15.6. The van der Waals surface area contributed by atoms with Crippen molar-refractivity contribution in [2.75, 3.05) is 12.4 Å². The fourth-order valence-electron chi connectivity index (χ4n) is 2.04. The van der Waals surface area contributed by atoms with Crippen LogP contribution in [-0.2, 0) is 11.2 Å². The third-order valence-corrected chi connectivity index (χ3v) is 3.24. The molecule has 7 nitrogen and oxygen atoms in total. The molecule has 0 saturated heterocycles. The van der Waals surface area contributed by atoms with Crippen molar-refractivity contribution in [3.05, 3.63) is 40.8 Å². The molecular formula is C15H16N2O5. The van der Waals surface area contributed by atoms with Gasteiger partial charge in [-0.2, -0.15) is 0 Å². The van der Waals surface area contributed by atoms with E-state index in [-0.39, 0.29) is 23.6 Å². The van der Waals surface area contributed by atoms with E-state index in [1.165, 1.54) is 25.3 Å². The highest BCUT2D eigenvalue weighted by Gasteiger charge is 2.16. The third kappa shape index (κ3) is 3.25. The number of nitrogens with one attached hydrogen (secondary N) is 1. The normalized spacial score (nSPS) is 10.3. The number of ether oxygens (including phenoxy) is 1. The molecule has 0 aliphatic heterocycles. The van der Waals surface area contributed by atoms with E-state index in [4.69, 9.17) is 14.4 Å². The van der Waals surface area contributed by atoms with Gasteiger partial charge in [0.15, 0.2) is 0 Å². The molecule has 2 N–H and O–H groups in total. The van der Waals surface area contributed by atoms with Gasteiger partial charge in [0.1, 0.15) is 11.5 Å². The van der Waals surface area contributed by atoms with E-state index in [1.807, 2.05) is 0 Å². The maximum absolute atomic E-state index is 12.1. The molecule has 1 heterocycles. The third-order valence-electron chi connectivity index (χ3n) is 3.24. The highest BCUT2D eigenvalue weighted by atomic mass is 16.5. The maximum atomic E-state index is 12.1. The summed E-state index contributed by atoms with van der Waals surface area (Å²) in [6, 6.07) is 4.25. The zero-order valence-electron chi connectivity index (χ0n) is 12.5. The molecule has 0 spiro atoms. The Bertz CT molecular complexity index is 701. The van der Waals surface area contributed by atoms with Crippen LogP contribution in [0.2, 0.25) is 0 Å². The Morgan fingerprint density at radius 1 is 1.36 bits per heavy atom. The molecule has 0 aliphatic rings. The van der Waals surface area contributed by atoms with Gasteiger partial charge in [-0.1, -0.05) is 5.16 Å². The number of carbonyl (C=O) groups is 2. The number of hydrogen-bond donors (Lipinski definition) is 2. The van der Waals surface area contributed by atoms with Gasteiger partial charge in [-0.15, -0.1) is 0 Å². The fourth-order valence-corrected chi connectivity index (χ4v) is 2.04. The lowest BCUT2D eigenvalue weighted by atomic mass is 10.1. The average molecular weight is 304 g/mol. The predicted octanol–water partition coefficient (Wildman–Crippen LogP) is 2.18. The molecule has 0 saturated carbocycles. The van der Waals surface area contributed by atoms with Crippen LogP contribution in [0.15, 0.2) is 22.7 Å². The molecule has 0 radical (unpaired) electrons. The molecule has 2 aromatic rings. The molecular weight excluding hydrogens is 288 g/mol. The molecule has 1 amide bonds. The molecule has 0 fully saturated rings. The van der Waals surface area contributed by atoms with Crippen LogP contribution in [0.4, 0.5) is 5.69 Å². The Morgan fingerprint density at radius 3 is 2.64 bits per heavy atom. The van der Waals surface area contributed by atoms with E-state index >= 15 is 0 Å².